The predicted molar refractivity (Wildman–Crippen MR) is 130 cm³/mol. The third kappa shape index (κ3) is 3.97. The van der Waals surface area contributed by atoms with Crippen molar-refractivity contribution in [3.8, 4) is 0 Å². The maximum atomic E-state index is 17.3. The summed E-state index contributed by atoms with van der Waals surface area (Å²) in [7, 11) is 0. The number of allylic oxidation sites excluding steroid dienone is 4. The molecule has 1 heterocycles. The number of ketones is 1. The number of hydroxylamine groups is 2. The Morgan fingerprint density at radius 2 is 2.05 bits per heavy atom. The van der Waals surface area contributed by atoms with E-state index in [-0.39, 0.29) is 31.5 Å². The predicted octanol–water partition coefficient (Wildman–Crippen LogP) is 4.82. The van der Waals surface area contributed by atoms with Crippen LogP contribution in [-0.2, 0) is 16.1 Å². The zero-order valence-corrected chi connectivity index (χ0v) is 21.6. The first-order chi connectivity index (χ1) is 17.5. The molecule has 0 bridgehead atoms. The van der Waals surface area contributed by atoms with E-state index in [2.05, 4.69) is 0 Å². The molecule has 0 aromatic carbocycles. The SMILES string of the molecule is C[C@]12C[C@H](O)[C@@]3(F)[C@@H](C[C@H](F)C4=CC(=O)C=C[C@@]43C)[C@@H]1C[C@@H](CN(O)Cc1ccco1)[C@@H]2C(=O)SCF. The first-order valence-corrected chi connectivity index (χ1v) is 13.6. The first-order valence-electron chi connectivity index (χ1n) is 12.6. The number of halogens is 3. The minimum absolute atomic E-state index is 0.0385. The minimum Gasteiger partial charge on any atom is -0.468 e. The van der Waals surface area contributed by atoms with Crippen molar-refractivity contribution in [2.45, 2.75) is 57.6 Å². The summed E-state index contributed by atoms with van der Waals surface area (Å²) in [5.41, 5.74) is -4.67. The Bertz CT molecular complexity index is 1130. The number of aliphatic hydroxyl groups is 1. The summed E-state index contributed by atoms with van der Waals surface area (Å²) in [6.45, 7) is 3.45. The second kappa shape index (κ2) is 9.39. The third-order valence-corrected chi connectivity index (χ3v) is 10.3. The Hall–Kier alpha value is -1.88. The zero-order chi connectivity index (χ0) is 26.8. The lowest BCUT2D eigenvalue weighted by Crippen LogP contribution is -2.68. The summed E-state index contributed by atoms with van der Waals surface area (Å²) in [6, 6.07) is 2.47. The first kappa shape index (κ1) is 26.7. The molecule has 10 heteroatoms. The van der Waals surface area contributed by atoms with Gasteiger partial charge in [0.1, 0.15) is 17.9 Å². The fraction of sp³-hybridized carbons (Fsp3) is 0.630. The van der Waals surface area contributed by atoms with Crippen molar-refractivity contribution in [2.75, 3.05) is 12.6 Å². The van der Waals surface area contributed by atoms with Crippen LogP contribution in [0.3, 0.4) is 0 Å². The van der Waals surface area contributed by atoms with Gasteiger partial charge < -0.3 is 14.7 Å². The Balaban J connectivity index is 1.52. The topological polar surface area (TPSA) is 91.0 Å². The maximum Gasteiger partial charge on any atom is 0.195 e. The molecule has 4 aliphatic carbocycles. The van der Waals surface area contributed by atoms with E-state index in [1.165, 1.54) is 25.3 Å². The van der Waals surface area contributed by atoms with Crippen LogP contribution >= 0.6 is 11.8 Å². The van der Waals surface area contributed by atoms with E-state index in [0.717, 1.165) is 11.1 Å². The van der Waals surface area contributed by atoms with E-state index >= 15 is 8.78 Å². The van der Waals surface area contributed by atoms with Crippen LogP contribution in [0.1, 0.15) is 38.9 Å². The standard InChI is InChI=1S/C27H32F3NO5S/c1-25-11-22(33)27(30)19(10-21(29)20-9-16(32)5-6-26(20,27)2)18(25)8-15(23(25)24(34)37-14-28)12-31(35)13-17-4-3-7-36-17/h3-7,9,15,18-19,21-23,33,35H,8,10-14H2,1-2H3/t15-,18-,19-,21-,22-,23+,25-,26-,27-/m0/s1. The van der Waals surface area contributed by atoms with Crippen LogP contribution in [0.15, 0.2) is 46.6 Å². The van der Waals surface area contributed by atoms with Crippen LogP contribution in [0.2, 0.25) is 0 Å². The number of nitrogens with zero attached hydrogens (tertiary/aromatic N) is 1. The van der Waals surface area contributed by atoms with Crippen LogP contribution < -0.4 is 0 Å². The highest BCUT2D eigenvalue weighted by Gasteiger charge is 2.73. The largest absolute Gasteiger partial charge is 0.468 e. The minimum atomic E-state index is -2.26. The number of hydrogen-bond donors (Lipinski definition) is 2. The van der Waals surface area contributed by atoms with E-state index in [0.29, 0.717) is 23.9 Å². The molecule has 1 aromatic rings. The van der Waals surface area contributed by atoms with Crippen LogP contribution in [-0.4, -0.2) is 56.8 Å². The second-order valence-corrected chi connectivity index (χ2v) is 12.3. The summed E-state index contributed by atoms with van der Waals surface area (Å²) in [5.74, 6) is -2.58. The van der Waals surface area contributed by atoms with Gasteiger partial charge in [0, 0.05) is 23.8 Å². The normalized spacial score (nSPS) is 42.8. The number of fused-ring (bicyclic) bond motifs is 5. The average Bonchev–Trinajstić information content (AvgIpc) is 3.43. The summed E-state index contributed by atoms with van der Waals surface area (Å²) >= 11 is 0.535. The molecule has 9 atom stereocenters. The van der Waals surface area contributed by atoms with Gasteiger partial charge in [-0.2, -0.15) is 5.06 Å². The van der Waals surface area contributed by atoms with Gasteiger partial charge in [-0.1, -0.05) is 24.8 Å². The Kier molecular flexibility index (Phi) is 6.78. The monoisotopic (exact) mass is 539 g/mol. The highest BCUT2D eigenvalue weighted by Crippen LogP contribution is 2.70. The maximum absolute atomic E-state index is 17.3. The van der Waals surface area contributed by atoms with Crippen molar-refractivity contribution in [1.29, 1.82) is 0 Å². The molecule has 0 radical (unpaired) electrons. The number of hydrogen-bond acceptors (Lipinski definition) is 7. The third-order valence-electron chi connectivity index (χ3n) is 9.62. The molecule has 3 fully saturated rings. The number of alkyl halides is 3. The summed E-state index contributed by atoms with van der Waals surface area (Å²) in [4.78, 5) is 25.3. The van der Waals surface area contributed by atoms with Crippen molar-refractivity contribution in [3.05, 3.63) is 48.0 Å². The number of carbonyl (C=O) groups excluding carboxylic acids is 2. The van der Waals surface area contributed by atoms with Gasteiger partial charge >= 0.3 is 0 Å². The molecule has 0 saturated heterocycles. The average molecular weight is 540 g/mol. The molecule has 6 nitrogen and oxygen atoms in total. The smallest absolute Gasteiger partial charge is 0.195 e. The van der Waals surface area contributed by atoms with E-state index in [4.69, 9.17) is 4.42 Å². The van der Waals surface area contributed by atoms with Crippen LogP contribution in [0.4, 0.5) is 13.2 Å². The van der Waals surface area contributed by atoms with E-state index < -0.39 is 69.4 Å². The number of aliphatic hydroxyl groups excluding tert-OH is 1. The molecule has 2 N–H and O–H groups in total. The van der Waals surface area contributed by atoms with Gasteiger partial charge in [-0.25, -0.2) is 13.2 Å². The fourth-order valence-electron chi connectivity index (χ4n) is 8.09. The van der Waals surface area contributed by atoms with Crippen LogP contribution in [0.25, 0.3) is 0 Å². The van der Waals surface area contributed by atoms with Crippen molar-refractivity contribution < 1.29 is 37.5 Å². The van der Waals surface area contributed by atoms with Crippen molar-refractivity contribution >= 4 is 22.7 Å². The number of rotatable bonds is 6. The quantitative estimate of drug-likeness (QED) is 0.501. The lowest BCUT2D eigenvalue weighted by Gasteiger charge is -2.62. The highest BCUT2D eigenvalue weighted by molar-refractivity contribution is 8.13. The van der Waals surface area contributed by atoms with Crippen LogP contribution in [0, 0.1) is 34.5 Å². The second-order valence-electron chi connectivity index (χ2n) is 11.4. The van der Waals surface area contributed by atoms with Gasteiger partial charge in [0.05, 0.1) is 18.9 Å². The van der Waals surface area contributed by atoms with Gasteiger partial charge in [0.2, 0.25) is 0 Å². The summed E-state index contributed by atoms with van der Waals surface area (Å²) in [5, 5.41) is 22.7. The van der Waals surface area contributed by atoms with E-state index in [1.807, 2.05) is 0 Å². The van der Waals surface area contributed by atoms with E-state index in [9.17, 15) is 24.3 Å². The van der Waals surface area contributed by atoms with Crippen LogP contribution in [0.5, 0.6) is 0 Å². The Morgan fingerprint density at radius 3 is 2.73 bits per heavy atom. The zero-order valence-electron chi connectivity index (χ0n) is 20.8. The fourth-order valence-corrected chi connectivity index (χ4v) is 8.84. The molecule has 0 aliphatic heterocycles. The highest BCUT2D eigenvalue weighted by atomic mass is 32.2. The van der Waals surface area contributed by atoms with Crippen molar-refractivity contribution in [3.63, 3.8) is 0 Å². The molecular weight excluding hydrogens is 507 g/mol. The van der Waals surface area contributed by atoms with Gasteiger partial charge in [-0.15, -0.1) is 0 Å². The molecule has 3 saturated carbocycles. The molecule has 0 spiro atoms. The molecule has 0 amide bonds. The molecule has 4 aliphatic rings. The number of carbonyl (C=O) groups is 2. The van der Waals surface area contributed by atoms with Gasteiger partial charge in [-0.3, -0.25) is 9.59 Å². The van der Waals surface area contributed by atoms with Gasteiger partial charge in [0.25, 0.3) is 0 Å². The summed E-state index contributed by atoms with van der Waals surface area (Å²) in [6.07, 6.45) is 2.12. The Labute approximate surface area is 217 Å². The molecule has 5 rings (SSSR count). The number of furan rings is 1. The Morgan fingerprint density at radius 1 is 1.30 bits per heavy atom. The molecule has 1 aromatic heterocycles. The lowest BCUT2D eigenvalue weighted by atomic mass is 9.45. The number of thioether (sulfide) groups is 1. The molecule has 37 heavy (non-hydrogen) atoms. The van der Waals surface area contributed by atoms with Crippen molar-refractivity contribution in [1.82, 2.24) is 5.06 Å². The van der Waals surface area contributed by atoms with Gasteiger partial charge in [0.15, 0.2) is 16.6 Å². The lowest BCUT2D eigenvalue weighted by molar-refractivity contribution is -0.201. The molecular formula is C27H32F3NO5S. The van der Waals surface area contributed by atoms with E-state index in [1.54, 1.807) is 19.1 Å². The van der Waals surface area contributed by atoms with Crippen molar-refractivity contribution in [2.24, 2.45) is 34.5 Å². The van der Waals surface area contributed by atoms with Gasteiger partial charge in [-0.05, 0) is 73.3 Å². The molecule has 202 valence electrons. The summed E-state index contributed by atoms with van der Waals surface area (Å²) < 4.78 is 51.5. The molecule has 0 unspecified atom stereocenters.